The quantitative estimate of drug-likeness (QED) is 0.289. The second-order valence-corrected chi connectivity index (χ2v) is 8.39. The van der Waals surface area contributed by atoms with Gasteiger partial charge in [0.25, 0.3) is 5.91 Å². The van der Waals surface area contributed by atoms with Gasteiger partial charge in [0, 0.05) is 19.5 Å². The van der Waals surface area contributed by atoms with Gasteiger partial charge in [-0.3, -0.25) is 9.36 Å². The van der Waals surface area contributed by atoms with Crippen molar-refractivity contribution in [2.75, 3.05) is 18.4 Å². The Balaban J connectivity index is 1.81. The van der Waals surface area contributed by atoms with Gasteiger partial charge in [0.05, 0.1) is 6.33 Å². The van der Waals surface area contributed by atoms with Crippen LogP contribution in [0.1, 0.15) is 77.8 Å². The predicted octanol–water partition coefficient (Wildman–Crippen LogP) is 2.12. The summed E-state index contributed by atoms with van der Waals surface area (Å²) in [4.78, 5) is 25.7. The molecule has 1 aliphatic rings. The Morgan fingerprint density at radius 2 is 1.85 bits per heavy atom. The van der Waals surface area contributed by atoms with Crippen LogP contribution in [-0.2, 0) is 9.53 Å². The first-order valence-corrected chi connectivity index (χ1v) is 12.3. The maximum atomic E-state index is 12.2. The van der Waals surface area contributed by atoms with Crippen LogP contribution in [0.15, 0.2) is 6.33 Å². The van der Waals surface area contributed by atoms with Gasteiger partial charge in [-0.2, -0.15) is 0 Å². The lowest BCUT2D eigenvalue weighted by atomic mass is 10.1. The van der Waals surface area contributed by atoms with Gasteiger partial charge in [-0.25, -0.2) is 15.0 Å². The zero-order chi connectivity index (χ0) is 24.5. The Kier molecular flexibility index (Phi) is 9.62. The maximum Gasteiger partial charge on any atom is 0.252 e. The van der Waals surface area contributed by atoms with Crippen LogP contribution in [0.3, 0.4) is 0 Å². The maximum absolute atomic E-state index is 12.2. The predicted molar refractivity (Wildman–Crippen MR) is 129 cm³/mol. The van der Waals surface area contributed by atoms with Gasteiger partial charge >= 0.3 is 0 Å². The first-order chi connectivity index (χ1) is 16.5. The van der Waals surface area contributed by atoms with E-state index >= 15 is 0 Å². The van der Waals surface area contributed by atoms with E-state index in [0.717, 1.165) is 19.3 Å². The molecular weight excluding hydrogens is 436 g/mol. The lowest BCUT2D eigenvalue weighted by Gasteiger charge is -2.16. The van der Waals surface area contributed by atoms with Gasteiger partial charge in [0.15, 0.2) is 29.3 Å². The SMILES string of the molecule is CCCCCCCCC#Cc1nc(NCC)c2ncn([C@@H]3O[C@H](C(=O)NCC)[C@@H](O)[C@H]3O)c2n1. The van der Waals surface area contributed by atoms with Crippen molar-refractivity contribution < 1.29 is 19.7 Å². The molecule has 1 amide bonds. The molecule has 10 heteroatoms. The van der Waals surface area contributed by atoms with Crippen molar-refractivity contribution in [1.82, 2.24) is 24.8 Å². The number of unbranched alkanes of at least 4 members (excludes halogenated alkanes) is 6. The van der Waals surface area contributed by atoms with Crippen LogP contribution >= 0.6 is 0 Å². The van der Waals surface area contributed by atoms with E-state index in [9.17, 15) is 15.0 Å². The fourth-order valence-corrected chi connectivity index (χ4v) is 3.97. The molecular formula is C24H36N6O4. The number of fused-ring (bicyclic) bond motifs is 1. The molecule has 4 N–H and O–H groups in total. The van der Waals surface area contributed by atoms with Crippen LogP contribution < -0.4 is 10.6 Å². The molecule has 0 bridgehead atoms. The number of aromatic nitrogens is 4. The molecule has 0 unspecified atom stereocenters. The lowest BCUT2D eigenvalue weighted by Crippen LogP contribution is -2.42. The fraction of sp³-hybridized carbons (Fsp3) is 0.667. The molecule has 10 nitrogen and oxygen atoms in total. The Bertz CT molecular complexity index is 1010. The van der Waals surface area contributed by atoms with Crippen LogP contribution in [0, 0.1) is 11.8 Å². The minimum absolute atomic E-state index is 0.337. The number of rotatable bonds is 11. The van der Waals surface area contributed by atoms with E-state index in [4.69, 9.17) is 4.74 Å². The van der Waals surface area contributed by atoms with E-state index in [1.165, 1.54) is 36.6 Å². The summed E-state index contributed by atoms with van der Waals surface area (Å²) in [6.45, 7) is 6.94. The van der Waals surface area contributed by atoms with E-state index in [0.29, 0.717) is 35.9 Å². The average Bonchev–Trinajstić information content (AvgIpc) is 3.37. The number of ether oxygens (including phenoxy) is 1. The van der Waals surface area contributed by atoms with Crippen molar-refractivity contribution in [2.24, 2.45) is 0 Å². The van der Waals surface area contributed by atoms with Crippen molar-refractivity contribution in [2.45, 2.75) is 90.3 Å². The molecule has 2 aromatic rings. The largest absolute Gasteiger partial charge is 0.387 e. The molecule has 34 heavy (non-hydrogen) atoms. The smallest absolute Gasteiger partial charge is 0.252 e. The molecule has 2 aromatic heterocycles. The highest BCUT2D eigenvalue weighted by Gasteiger charge is 2.47. The zero-order valence-corrected chi connectivity index (χ0v) is 20.3. The first kappa shape index (κ1) is 25.9. The first-order valence-electron chi connectivity index (χ1n) is 12.3. The van der Waals surface area contributed by atoms with Gasteiger partial charge in [-0.15, -0.1) is 0 Å². The topological polar surface area (TPSA) is 134 Å². The Morgan fingerprint density at radius 3 is 2.59 bits per heavy atom. The summed E-state index contributed by atoms with van der Waals surface area (Å²) >= 11 is 0. The highest BCUT2D eigenvalue weighted by atomic mass is 16.6. The number of likely N-dealkylation sites (N-methyl/N-ethyl adjacent to an activating group) is 1. The Labute approximate surface area is 200 Å². The highest BCUT2D eigenvalue weighted by Crippen LogP contribution is 2.32. The number of aliphatic hydroxyl groups excluding tert-OH is 2. The number of anilines is 1. The van der Waals surface area contributed by atoms with Gasteiger partial charge in [-0.05, 0) is 26.2 Å². The number of carbonyl (C=O) groups excluding carboxylic acids is 1. The molecule has 4 atom stereocenters. The van der Waals surface area contributed by atoms with E-state index in [-0.39, 0.29) is 0 Å². The summed E-state index contributed by atoms with van der Waals surface area (Å²) in [7, 11) is 0. The molecule has 3 rings (SSSR count). The molecule has 0 spiro atoms. The number of hydrogen-bond acceptors (Lipinski definition) is 8. The molecule has 3 heterocycles. The third-order valence-electron chi connectivity index (χ3n) is 5.74. The highest BCUT2D eigenvalue weighted by molar-refractivity contribution is 5.84. The second-order valence-electron chi connectivity index (χ2n) is 8.39. The second kappa shape index (κ2) is 12.6. The normalized spacial score (nSPS) is 21.9. The van der Waals surface area contributed by atoms with Crippen LogP contribution in [0.4, 0.5) is 5.82 Å². The molecule has 0 radical (unpaired) electrons. The summed E-state index contributed by atoms with van der Waals surface area (Å²) in [6.07, 6.45) is 4.53. The van der Waals surface area contributed by atoms with Gasteiger partial charge in [-0.1, -0.05) is 44.9 Å². The minimum Gasteiger partial charge on any atom is -0.387 e. The average molecular weight is 473 g/mol. The minimum atomic E-state index is -1.37. The Morgan fingerprint density at radius 1 is 1.09 bits per heavy atom. The van der Waals surface area contributed by atoms with E-state index in [1.54, 1.807) is 6.92 Å². The van der Waals surface area contributed by atoms with Crippen LogP contribution in [-0.4, -0.2) is 67.0 Å². The number of amides is 1. The van der Waals surface area contributed by atoms with E-state index < -0.39 is 30.4 Å². The molecule has 0 aromatic carbocycles. The zero-order valence-electron chi connectivity index (χ0n) is 20.3. The Hall–Kier alpha value is -2.74. The van der Waals surface area contributed by atoms with Crippen molar-refractivity contribution in [3.8, 4) is 11.8 Å². The van der Waals surface area contributed by atoms with Crippen molar-refractivity contribution >= 4 is 22.9 Å². The molecule has 0 saturated carbocycles. The third-order valence-corrected chi connectivity index (χ3v) is 5.74. The van der Waals surface area contributed by atoms with Crippen molar-refractivity contribution in [3.63, 3.8) is 0 Å². The summed E-state index contributed by atoms with van der Waals surface area (Å²) in [6, 6.07) is 0. The summed E-state index contributed by atoms with van der Waals surface area (Å²) in [5.41, 5.74) is 0.901. The summed E-state index contributed by atoms with van der Waals surface area (Å²) in [5.74, 6) is 6.58. The fourth-order valence-electron chi connectivity index (χ4n) is 3.97. The third kappa shape index (κ3) is 6.03. The number of hydrogen-bond donors (Lipinski definition) is 4. The number of nitrogens with one attached hydrogen (secondary N) is 2. The van der Waals surface area contributed by atoms with Gasteiger partial charge in [0.2, 0.25) is 5.82 Å². The lowest BCUT2D eigenvalue weighted by molar-refractivity contribution is -0.137. The number of aliphatic hydroxyl groups is 2. The molecule has 1 fully saturated rings. The summed E-state index contributed by atoms with van der Waals surface area (Å²) in [5, 5.41) is 26.8. The van der Waals surface area contributed by atoms with E-state index in [1.807, 2.05) is 6.92 Å². The van der Waals surface area contributed by atoms with Gasteiger partial charge < -0.3 is 25.6 Å². The standard InChI is InChI=1S/C24H36N6O4/c1-4-7-8-9-10-11-12-13-14-16-28-21(25-5-2)17-22(29-16)30(15-27-17)24-19(32)18(31)20(34-24)23(33)26-6-3/h15,18-20,24,31-32H,4-12H2,1-3H3,(H,26,33)(H,25,28,29)/t18-,19+,20-,24+/m0/s1. The van der Waals surface area contributed by atoms with Crippen LogP contribution in [0.2, 0.25) is 0 Å². The number of carbonyl (C=O) groups is 1. The van der Waals surface area contributed by atoms with Crippen molar-refractivity contribution in [1.29, 1.82) is 0 Å². The van der Waals surface area contributed by atoms with Gasteiger partial charge in [0.1, 0.15) is 12.2 Å². The summed E-state index contributed by atoms with van der Waals surface area (Å²) < 4.78 is 7.26. The monoisotopic (exact) mass is 472 g/mol. The number of imidazole rings is 1. The molecule has 1 aliphatic heterocycles. The molecule has 0 aliphatic carbocycles. The van der Waals surface area contributed by atoms with Crippen molar-refractivity contribution in [3.05, 3.63) is 12.2 Å². The van der Waals surface area contributed by atoms with Crippen LogP contribution in [0.25, 0.3) is 11.2 Å². The number of nitrogens with zero attached hydrogens (tertiary/aromatic N) is 4. The molecule has 1 saturated heterocycles. The van der Waals surface area contributed by atoms with E-state index in [2.05, 4.69) is 44.4 Å². The molecule has 186 valence electrons. The van der Waals surface area contributed by atoms with Crippen LogP contribution in [0.5, 0.6) is 0 Å².